The molecular weight excluding hydrogens is 396 g/mol. The van der Waals surface area contributed by atoms with Crippen LogP contribution in [0.2, 0.25) is 0 Å². The Morgan fingerprint density at radius 1 is 1.16 bits per heavy atom. The number of H-pyrrole nitrogens is 1. The van der Waals surface area contributed by atoms with Gasteiger partial charge in [0.05, 0.1) is 18.8 Å². The normalized spacial score (nSPS) is 36.0. The van der Waals surface area contributed by atoms with Crippen molar-refractivity contribution < 1.29 is 14.6 Å². The zero-order valence-corrected chi connectivity index (χ0v) is 17.8. The predicted octanol–water partition coefficient (Wildman–Crippen LogP) is 2.77. The largest absolute Gasteiger partial charge is 0.472 e. The second kappa shape index (κ2) is 7.34. The van der Waals surface area contributed by atoms with Crippen LogP contribution in [-0.2, 0) is 4.74 Å². The van der Waals surface area contributed by atoms with Crippen molar-refractivity contribution in [2.24, 2.45) is 17.8 Å². The number of hydrogen-bond donors (Lipinski definition) is 4. The second-order valence-electron chi connectivity index (χ2n) is 9.94. The van der Waals surface area contributed by atoms with Gasteiger partial charge in [-0.2, -0.15) is 15.1 Å². The van der Waals surface area contributed by atoms with Gasteiger partial charge in [-0.1, -0.05) is 0 Å². The summed E-state index contributed by atoms with van der Waals surface area (Å²) < 4.78 is 11.5. The summed E-state index contributed by atoms with van der Waals surface area (Å²) in [7, 11) is 0. The Hall–Kier alpha value is -2.39. The van der Waals surface area contributed by atoms with E-state index in [0.29, 0.717) is 60.5 Å². The van der Waals surface area contributed by atoms with Gasteiger partial charge in [-0.3, -0.25) is 5.10 Å². The van der Waals surface area contributed by atoms with Crippen LogP contribution in [0, 0.1) is 24.7 Å². The van der Waals surface area contributed by atoms with Crippen molar-refractivity contribution in [3.05, 3.63) is 17.8 Å². The average molecular weight is 427 g/mol. The van der Waals surface area contributed by atoms with Crippen molar-refractivity contribution in [2.45, 2.75) is 63.2 Å². The van der Waals surface area contributed by atoms with E-state index in [2.05, 4.69) is 25.8 Å². The number of aliphatic hydroxyl groups is 1. The molecule has 2 unspecified atom stereocenters. The third-order valence-corrected chi connectivity index (χ3v) is 7.38. The van der Waals surface area contributed by atoms with Crippen LogP contribution in [0.4, 0.5) is 17.6 Å². The number of rotatable bonds is 6. The molecule has 4 saturated carbocycles. The molecule has 0 radical (unpaired) electrons. The van der Waals surface area contributed by atoms with Gasteiger partial charge in [0.25, 0.3) is 0 Å². The fourth-order valence-corrected chi connectivity index (χ4v) is 6.37. The molecule has 2 aromatic heterocycles. The molecule has 4 bridgehead atoms. The molecule has 7 rings (SSSR count). The molecular formula is C22H30N6O3. The van der Waals surface area contributed by atoms with Crippen LogP contribution >= 0.6 is 0 Å². The minimum absolute atomic E-state index is 0.0126. The summed E-state index contributed by atoms with van der Waals surface area (Å²) in [6.07, 6.45) is 5.98. The Bertz CT molecular complexity index is 942. The maximum Gasteiger partial charge on any atom is 0.228 e. The third-order valence-electron chi connectivity index (χ3n) is 7.38. The number of anilines is 3. The number of aromatic amines is 1. The number of nitrogens with one attached hydrogen (secondary N) is 3. The van der Waals surface area contributed by atoms with E-state index in [4.69, 9.17) is 14.5 Å². The lowest BCUT2D eigenvalue weighted by Gasteiger charge is -2.58. The fraction of sp³-hybridized carbons (Fsp3) is 0.682. The minimum atomic E-state index is -0.451. The first-order valence-electron chi connectivity index (χ1n) is 11.4. The summed E-state index contributed by atoms with van der Waals surface area (Å²) in [4.78, 5) is 9.40. The molecule has 166 valence electrons. The van der Waals surface area contributed by atoms with Crippen molar-refractivity contribution >= 4 is 17.6 Å². The Kier molecular flexibility index (Phi) is 4.57. The lowest BCUT2D eigenvalue weighted by molar-refractivity contribution is -0.129. The second-order valence-corrected chi connectivity index (χ2v) is 9.94. The van der Waals surface area contributed by atoms with Crippen LogP contribution in [0.3, 0.4) is 0 Å². The number of ether oxygens (including phenoxy) is 2. The molecule has 1 saturated heterocycles. The maximum absolute atomic E-state index is 10.9. The first kappa shape index (κ1) is 19.3. The van der Waals surface area contributed by atoms with Gasteiger partial charge in [0, 0.05) is 30.3 Å². The van der Waals surface area contributed by atoms with Gasteiger partial charge < -0.3 is 25.2 Å². The molecule has 9 heteroatoms. The van der Waals surface area contributed by atoms with Gasteiger partial charge in [-0.15, -0.1) is 0 Å². The Balaban J connectivity index is 1.25. The van der Waals surface area contributed by atoms with Gasteiger partial charge in [0.15, 0.2) is 5.82 Å². The SMILES string of the molecule is Cc1cc(Nc2cc(O[C@H]3CCOC3)nc(NC3C4CC5CC3CC(O)(C5)C4)n2)n[nH]1. The first-order valence-corrected chi connectivity index (χ1v) is 11.4. The summed E-state index contributed by atoms with van der Waals surface area (Å²) in [5, 5.41) is 25.0. The topological polar surface area (TPSA) is 117 Å². The molecule has 31 heavy (non-hydrogen) atoms. The molecule has 4 N–H and O–H groups in total. The monoisotopic (exact) mass is 426 g/mol. The number of aryl methyl sites for hydroxylation is 1. The van der Waals surface area contributed by atoms with Gasteiger partial charge >= 0.3 is 0 Å². The smallest absolute Gasteiger partial charge is 0.228 e. The van der Waals surface area contributed by atoms with Crippen LogP contribution in [-0.4, -0.2) is 56.2 Å². The number of nitrogens with zero attached hydrogens (tertiary/aromatic N) is 3. The molecule has 1 aliphatic heterocycles. The highest BCUT2D eigenvalue weighted by Crippen LogP contribution is 2.56. The lowest BCUT2D eigenvalue weighted by atomic mass is 9.52. The van der Waals surface area contributed by atoms with Crippen molar-refractivity contribution in [1.82, 2.24) is 20.2 Å². The lowest BCUT2D eigenvalue weighted by Crippen LogP contribution is -2.59. The number of hydrogen-bond acceptors (Lipinski definition) is 8. The van der Waals surface area contributed by atoms with Crippen molar-refractivity contribution in [2.75, 3.05) is 23.8 Å². The Morgan fingerprint density at radius 2 is 2.00 bits per heavy atom. The summed E-state index contributed by atoms with van der Waals surface area (Å²) in [5.74, 6) is 4.05. The van der Waals surface area contributed by atoms with Crippen LogP contribution in [0.1, 0.15) is 44.2 Å². The van der Waals surface area contributed by atoms with Crippen LogP contribution in [0.25, 0.3) is 0 Å². The van der Waals surface area contributed by atoms with Gasteiger partial charge in [-0.05, 0) is 56.8 Å². The van der Waals surface area contributed by atoms with Crippen molar-refractivity contribution in [3.8, 4) is 5.88 Å². The molecule has 0 spiro atoms. The zero-order valence-electron chi connectivity index (χ0n) is 17.8. The molecule has 3 heterocycles. The van der Waals surface area contributed by atoms with Crippen LogP contribution in [0.5, 0.6) is 5.88 Å². The molecule has 2 aromatic rings. The standard InChI is InChI=1S/C22H30N6O3/c1-12-4-18(28-27-12)23-17-7-19(31-16-2-3-30-11-16)25-21(24-17)26-20-14-5-13-6-15(20)10-22(29,8-13)9-14/h4,7,13-16,20,29H,2-3,5-6,8-11H2,1H3,(H3,23,24,25,26,27,28)/t13?,14?,15?,16-,20?,22?/m0/s1. The molecule has 0 aromatic carbocycles. The van der Waals surface area contributed by atoms with Crippen molar-refractivity contribution in [1.29, 1.82) is 0 Å². The van der Waals surface area contributed by atoms with E-state index in [1.165, 1.54) is 12.8 Å². The van der Waals surface area contributed by atoms with E-state index < -0.39 is 5.60 Å². The first-order chi connectivity index (χ1) is 15.0. The van der Waals surface area contributed by atoms with E-state index in [-0.39, 0.29) is 6.10 Å². The summed E-state index contributed by atoms with van der Waals surface area (Å²) >= 11 is 0. The van der Waals surface area contributed by atoms with E-state index in [0.717, 1.165) is 31.4 Å². The quantitative estimate of drug-likeness (QED) is 0.557. The molecule has 5 fully saturated rings. The fourth-order valence-electron chi connectivity index (χ4n) is 6.37. The molecule has 3 atom stereocenters. The van der Waals surface area contributed by atoms with E-state index in [9.17, 15) is 5.11 Å². The van der Waals surface area contributed by atoms with Gasteiger partial charge in [0.2, 0.25) is 11.8 Å². The summed E-state index contributed by atoms with van der Waals surface area (Å²) in [5.41, 5.74) is 0.522. The van der Waals surface area contributed by atoms with Gasteiger partial charge in [-0.25, -0.2) is 0 Å². The Labute approximate surface area is 181 Å². The van der Waals surface area contributed by atoms with Crippen LogP contribution < -0.4 is 15.4 Å². The Morgan fingerprint density at radius 3 is 2.68 bits per heavy atom. The summed E-state index contributed by atoms with van der Waals surface area (Å²) in [6.45, 7) is 3.26. The molecule has 5 aliphatic rings. The summed E-state index contributed by atoms with van der Waals surface area (Å²) in [6, 6.07) is 4.04. The van der Waals surface area contributed by atoms with Crippen LogP contribution in [0.15, 0.2) is 12.1 Å². The van der Waals surface area contributed by atoms with E-state index >= 15 is 0 Å². The molecule has 9 nitrogen and oxygen atoms in total. The molecule has 4 aliphatic carbocycles. The van der Waals surface area contributed by atoms with Crippen molar-refractivity contribution in [3.63, 3.8) is 0 Å². The highest BCUT2D eigenvalue weighted by molar-refractivity contribution is 5.55. The molecule has 0 amide bonds. The maximum atomic E-state index is 10.9. The van der Waals surface area contributed by atoms with Gasteiger partial charge in [0.1, 0.15) is 11.9 Å². The highest BCUT2D eigenvalue weighted by atomic mass is 16.5. The highest BCUT2D eigenvalue weighted by Gasteiger charge is 2.54. The van der Waals surface area contributed by atoms with E-state index in [1.807, 2.05) is 19.1 Å². The zero-order chi connectivity index (χ0) is 21.0. The third kappa shape index (κ3) is 3.85. The number of aromatic nitrogens is 4. The average Bonchev–Trinajstić information content (AvgIpc) is 3.35. The van der Waals surface area contributed by atoms with E-state index in [1.54, 1.807) is 0 Å². The minimum Gasteiger partial charge on any atom is -0.472 e. The predicted molar refractivity (Wildman–Crippen MR) is 114 cm³/mol.